The van der Waals surface area contributed by atoms with Gasteiger partial charge < -0.3 is 10.6 Å². The van der Waals surface area contributed by atoms with Gasteiger partial charge in [-0.05, 0) is 36.4 Å². The van der Waals surface area contributed by atoms with Crippen molar-refractivity contribution in [3.8, 4) is 0 Å². The van der Waals surface area contributed by atoms with Gasteiger partial charge in [-0.15, -0.1) is 0 Å². The number of para-hydroxylation sites is 1. The van der Waals surface area contributed by atoms with Crippen LogP contribution in [0.25, 0.3) is 27.4 Å². The third-order valence-electron chi connectivity index (χ3n) is 4.65. The van der Waals surface area contributed by atoms with Gasteiger partial charge in [0.05, 0.1) is 22.9 Å². The van der Waals surface area contributed by atoms with E-state index in [0.29, 0.717) is 29.3 Å². The highest BCUT2D eigenvalue weighted by Crippen LogP contribution is 2.28. The van der Waals surface area contributed by atoms with Crippen LogP contribution in [0.5, 0.6) is 0 Å². The molecule has 3 N–H and O–H groups in total. The van der Waals surface area contributed by atoms with Crippen LogP contribution in [-0.2, 0) is 4.79 Å². The second-order valence-corrected chi connectivity index (χ2v) is 6.60. The average molecular weight is 408 g/mol. The molecule has 152 valence electrons. The highest BCUT2D eigenvalue weighted by Gasteiger charge is 2.13. The van der Waals surface area contributed by atoms with Crippen LogP contribution < -0.4 is 10.6 Å². The van der Waals surface area contributed by atoms with Gasteiger partial charge in [-0.3, -0.25) is 9.89 Å². The SMILES string of the molecule is C=C/C=C\C(NC=O)=C(/C=C)c1nc(Nc2ccc3[nH]ncc3c2)c2ccccc2n1. The molecule has 0 unspecified atom stereocenters. The second kappa shape index (κ2) is 8.87. The summed E-state index contributed by atoms with van der Waals surface area (Å²) in [5.74, 6) is 1.07. The van der Waals surface area contributed by atoms with E-state index in [-0.39, 0.29) is 0 Å². The molecular weight excluding hydrogens is 388 g/mol. The molecule has 0 fully saturated rings. The first-order valence-corrected chi connectivity index (χ1v) is 9.57. The molecule has 0 saturated carbocycles. The number of aromatic nitrogens is 4. The van der Waals surface area contributed by atoms with Crippen molar-refractivity contribution in [2.45, 2.75) is 0 Å². The Morgan fingerprint density at radius 1 is 1.10 bits per heavy atom. The zero-order chi connectivity index (χ0) is 21.6. The van der Waals surface area contributed by atoms with Gasteiger partial charge in [0, 0.05) is 22.0 Å². The first-order chi connectivity index (χ1) is 15.2. The van der Waals surface area contributed by atoms with Gasteiger partial charge in [0.2, 0.25) is 6.41 Å². The Bertz CT molecular complexity index is 1350. The van der Waals surface area contributed by atoms with Crippen LogP contribution in [-0.4, -0.2) is 26.6 Å². The molecule has 7 nitrogen and oxygen atoms in total. The topological polar surface area (TPSA) is 95.6 Å². The summed E-state index contributed by atoms with van der Waals surface area (Å²) < 4.78 is 0. The van der Waals surface area contributed by atoms with E-state index in [9.17, 15) is 4.79 Å². The van der Waals surface area contributed by atoms with E-state index in [1.54, 1.807) is 30.5 Å². The standard InChI is InChI=1S/C24H20N6O/c1-3-5-9-21(25-15-31)18(4-2)23-28-22-10-7-6-8-19(22)24(29-23)27-17-11-12-20-16(13-17)14-26-30-20/h3-15H,1-2H2,(H,25,31)(H,26,30)(H,27,28,29)/b9-5-,21-18-. The van der Waals surface area contributed by atoms with Crippen LogP contribution >= 0.6 is 0 Å². The molecule has 2 aromatic heterocycles. The van der Waals surface area contributed by atoms with E-state index in [2.05, 4.69) is 34.0 Å². The number of aromatic amines is 1. The fourth-order valence-electron chi connectivity index (χ4n) is 3.21. The molecule has 0 atom stereocenters. The maximum atomic E-state index is 11.1. The van der Waals surface area contributed by atoms with Gasteiger partial charge in [0.15, 0.2) is 5.82 Å². The molecule has 4 aromatic rings. The lowest BCUT2D eigenvalue weighted by molar-refractivity contribution is -0.108. The smallest absolute Gasteiger partial charge is 0.211 e. The molecule has 0 aliphatic rings. The predicted molar refractivity (Wildman–Crippen MR) is 125 cm³/mol. The van der Waals surface area contributed by atoms with Crippen molar-refractivity contribution >= 4 is 45.3 Å². The Morgan fingerprint density at radius 2 is 1.97 bits per heavy atom. The zero-order valence-electron chi connectivity index (χ0n) is 16.7. The monoisotopic (exact) mass is 408 g/mol. The van der Waals surface area contributed by atoms with Crippen LogP contribution in [0.15, 0.2) is 91.8 Å². The lowest BCUT2D eigenvalue weighted by atomic mass is 10.1. The Labute approximate surface area is 178 Å². The molecule has 0 bridgehead atoms. The Kier molecular flexibility index (Phi) is 5.66. The van der Waals surface area contributed by atoms with Crippen molar-refractivity contribution < 1.29 is 4.79 Å². The number of hydrogen-bond donors (Lipinski definition) is 3. The number of rotatable bonds is 8. The molecule has 31 heavy (non-hydrogen) atoms. The van der Waals surface area contributed by atoms with Gasteiger partial charge in [0.1, 0.15) is 5.82 Å². The third-order valence-corrected chi connectivity index (χ3v) is 4.65. The molecule has 1 amide bonds. The number of nitrogens with zero attached hydrogens (tertiary/aromatic N) is 3. The number of anilines is 2. The van der Waals surface area contributed by atoms with E-state index in [4.69, 9.17) is 9.97 Å². The molecule has 4 rings (SSSR count). The average Bonchev–Trinajstić information content (AvgIpc) is 3.26. The van der Waals surface area contributed by atoms with Crippen molar-refractivity contribution in [2.75, 3.05) is 5.32 Å². The first-order valence-electron chi connectivity index (χ1n) is 9.57. The largest absolute Gasteiger partial charge is 0.340 e. The molecule has 0 spiro atoms. The summed E-state index contributed by atoms with van der Waals surface area (Å²) in [6.07, 6.45) is 9.04. The molecule has 7 heteroatoms. The van der Waals surface area contributed by atoms with E-state index < -0.39 is 0 Å². The molecule has 0 aliphatic carbocycles. The number of benzene rings is 2. The minimum absolute atomic E-state index is 0.429. The van der Waals surface area contributed by atoms with E-state index in [0.717, 1.165) is 27.5 Å². The number of fused-ring (bicyclic) bond motifs is 2. The molecule has 0 radical (unpaired) electrons. The lowest BCUT2D eigenvalue weighted by Gasteiger charge is -2.13. The van der Waals surface area contributed by atoms with Gasteiger partial charge in [-0.1, -0.05) is 43.5 Å². The van der Waals surface area contributed by atoms with Crippen LogP contribution in [0.2, 0.25) is 0 Å². The fourth-order valence-corrected chi connectivity index (χ4v) is 3.21. The van der Waals surface area contributed by atoms with E-state index in [1.807, 2.05) is 42.5 Å². The maximum Gasteiger partial charge on any atom is 0.211 e. The first kappa shape index (κ1) is 19.8. The summed E-state index contributed by atoms with van der Waals surface area (Å²) >= 11 is 0. The molecule has 2 aromatic carbocycles. The summed E-state index contributed by atoms with van der Waals surface area (Å²) in [5.41, 5.74) is 3.69. The van der Waals surface area contributed by atoms with Crippen molar-refractivity contribution in [3.63, 3.8) is 0 Å². The second-order valence-electron chi connectivity index (χ2n) is 6.60. The molecular formula is C24H20N6O. The number of H-pyrrole nitrogens is 1. The highest BCUT2D eigenvalue weighted by molar-refractivity contribution is 5.93. The number of carbonyl (C=O) groups is 1. The Morgan fingerprint density at radius 3 is 2.77 bits per heavy atom. The fraction of sp³-hybridized carbons (Fsp3) is 0. The quantitative estimate of drug-likeness (QED) is 0.292. The van der Waals surface area contributed by atoms with Crippen molar-refractivity contribution in [3.05, 3.63) is 97.6 Å². The van der Waals surface area contributed by atoms with Gasteiger partial charge in [0.25, 0.3) is 0 Å². The Balaban J connectivity index is 1.87. The van der Waals surface area contributed by atoms with Gasteiger partial charge in [-0.25, -0.2) is 9.97 Å². The number of allylic oxidation sites excluding steroid dienone is 5. The third kappa shape index (κ3) is 4.11. The normalized spacial score (nSPS) is 12.0. The van der Waals surface area contributed by atoms with Crippen LogP contribution in [0.3, 0.4) is 0 Å². The number of hydrogen-bond acceptors (Lipinski definition) is 5. The summed E-state index contributed by atoms with van der Waals surface area (Å²) in [5, 5.41) is 14.9. The van der Waals surface area contributed by atoms with E-state index >= 15 is 0 Å². The van der Waals surface area contributed by atoms with Crippen LogP contribution in [0.4, 0.5) is 11.5 Å². The summed E-state index contributed by atoms with van der Waals surface area (Å²) in [4.78, 5) is 20.6. The number of carbonyl (C=O) groups excluding carboxylic acids is 1. The molecule has 0 aliphatic heterocycles. The zero-order valence-corrected chi connectivity index (χ0v) is 16.7. The maximum absolute atomic E-state index is 11.1. The molecule has 0 saturated heterocycles. The van der Waals surface area contributed by atoms with Crippen molar-refractivity contribution in [2.24, 2.45) is 0 Å². The number of amides is 1. The summed E-state index contributed by atoms with van der Waals surface area (Å²) in [7, 11) is 0. The highest BCUT2D eigenvalue weighted by atomic mass is 16.1. The van der Waals surface area contributed by atoms with Crippen LogP contribution in [0, 0.1) is 0 Å². The van der Waals surface area contributed by atoms with Gasteiger partial charge in [-0.2, -0.15) is 5.10 Å². The number of nitrogens with one attached hydrogen (secondary N) is 3. The van der Waals surface area contributed by atoms with Crippen molar-refractivity contribution in [1.82, 2.24) is 25.5 Å². The minimum Gasteiger partial charge on any atom is -0.340 e. The minimum atomic E-state index is 0.429. The molecule has 2 heterocycles. The summed E-state index contributed by atoms with van der Waals surface area (Å²) in [6, 6.07) is 13.6. The van der Waals surface area contributed by atoms with E-state index in [1.165, 1.54) is 0 Å². The predicted octanol–water partition coefficient (Wildman–Crippen LogP) is 4.64. The van der Waals surface area contributed by atoms with Gasteiger partial charge >= 0.3 is 0 Å². The summed E-state index contributed by atoms with van der Waals surface area (Å²) in [6.45, 7) is 7.56. The lowest BCUT2D eigenvalue weighted by Crippen LogP contribution is -2.12. The van der Waals surface area contributed by atoms with Crippen molar-refractivity contribution in [1.29, 1.82) is 0 Å². The van der Waals surface area contributed by atoms with Crippen LogP contribution in [0.1, 0.15) is 5.82 Å². The Hall–Kier alpha value is -4.52.